The Morgan fingerprint density at radius 1 is 0.818 bits per heavy atom. The molecule has 0 aliphatic carbocycles. The molecule has 7 nitrogen and oxygen atoms in total. The summed E-state index contributed by atoms with van der Waals surface area (Å²) in [5, 5.41) is 2.98. The number of ether oxygens (including phenoxy) is 2. The molecule has 1 aliphatic rings. The third-order valence-electron chi connectivity index (χ3n) is 5.76. The molecule has 178 valence electrons. The Balaban J connectivity index is 1.38. The zero-order valence-corrected chi connectivity index (χ0v) is 19.6. The van der Waals surface area contributed by atoms with E-state index in [2.05, 4.69) is 10.2 Å². The number of carbonyl (C=O) groups is 2. The highest BCUT2D eigenvalue weighted by molar-refractivity contribution is 5.81. The number of carbonyl (C=O) groups excluding carboxylic acids is 2. The molecule has 2 aromatic carbocycles. The number of hydrogen-bond acceptors (Lipinski definition) is 5. The second-order valence-electron chi connectivity index (χ2n) is 8.11. The average Bonchev–Trinajstić information content (AvgIpc) is 2.87. The number of hydrogen-bond donors (Lipinski definition) is 1. The molecule has 0 unspecified atom stereocenters. The number of amides is 2. The fourth-order valence-corrected chi connectivity index (χ4v) is 3.80. The molecular formula is C26H35N3O4. The maximum atomic E-state index is 12.9. The molecule has 2 amide bonds. The van der Waals surface area contributed by atoms with E-state index < -0.39 is 12.2 Å². The normalized spacial score (nSPS) is 16.0. The molecule has 0 saturated carbocycles. The van der Waals surface area contributed by atoms with Crippen LogP contribution in [0, 0.1) is 0 Å². The van der Waals surface area contributed by atoms with Crippen LogP contribution in [0.15, 0.2) is 60.7 Å². The van der Waals surface area contributed by atoms with Crippen molar-refractivity contribution in [1.29, 1.82) is 0 Å². The van der Waals surface area contributed by atoms with Gasteiger partial charge in [0.2, 0.25) is 0 Å². The molecule has 0 spiro atoms. The van der Waals surface area contributed by atoms with E-state index in [0.29, 0.717) is 44.0 Å². The highest BCUT2D eigenvalue weighted by Crippen LogP contribution is 2.15. The van der Waals surface area contributed by atoms with Crippen LogP contribution in [0.4, 0.5) is 0 Å². The van der Waals surface area contributed by atoms with Crippen molar-refractivity contribution in [3.8, 4) is 11.5 Å². The minimum atomic E-state index is -0.502. The van der Waals surface area contributed by atoms with Crippen molar-refractivity contribution in [1.82, 2.24) is 15.1 Å². The first-order chi connectivity index (χ1) is 16.1. The predicted octanol–water partition coefficient (Wildman–Crippen LogP) is 2.96. The van der Waals surface area contributed by atoms with Crippen molar-refractivity contribution in [2.45, 2.75) is 38.9 Å². The third-order valence-corrected chi connectivity index (χ3v) is 5.76. The van der Waals surface area contributed by atoms with Crippen LogP contribution in [0.5, 0.6) is 11.5 Å². The maximum Gasteiger partial charge on any atom is 0.263 e. The van der Waals surface area contributed by atoms with E-state index in [1.54, 1.807) is 0 Å². The fourth-order valence-electron chi connectivity index (χ4n) is 3.80. The lowest BCUT2D eigenvalue weighted by molar-refractivity contribution is -0.140. The highest BCUT2D eigenvalue weighted by Gasteiger charge is 2.28. The van der Waals surface area contributed by atoms with Crippen LogP contribution >= 0.6 is 0 Å². The van der Waals surface area contributed by atoms with Gasteiger partial charge in [-0.2, -0.15) is 0 Å². The molecule has 7 heteroatoms. The van der Waals surface area contributed by atoms with Gasteiger partial charge in [-0.25, -0.2) is 0 Å². The fraction of sp³-hybridized carbons (Fsp3) is 0.462. The van der Waals surface area contributed by atoms with Crippen LogP contribution in [-0.4, -0.2) is 73.1 Å². The average molecular weight is 454 g/mol. The third kappa shape index (κ3) is 7.49. The Labute approximate surface area is 196 Å². The summed E-state index contributed by atoms with van der Waals surface area (Å²) in [5.74, 6) is 1.35. The Morgan fingerprint density at radius 3 is 1.85 bits per heavy atom. The topological polar surface area (TPSA) is 71.1 Å². The van der Waals surface area contributed by atoms with Gasteiger partial charge in [0, 0.05) is 39.3 Å². The molecule has 0 radical (unpaired) electrons. The van der Waals surface area contributed by atoms with Gasteiger partial charge in [-0.15, -0.1) is 0 Å². The van der Waals surface area contributed by atoms with E-state index in [1.165, 1.54) is 0 Å². The number of nitrogens with one attached hydrogen (secondary N) is 1. The van der Waals surface area contributed by atoms with Gasteiger partial charge in [0.05, 0.1) is 0 Å². The minimum absolute atomic E-state index is 0.0400. The number of benzene rings is 2. The summed E-state index contributed by atoms with van der Waals surface area (Å²) in [4.78, 5) is 29.6. The van der Waals surface area contributed by atoms with Gasteiger partial charge < -0.3 is 19.7 Å². The number of piperazine rings is 1. The first-order valence-corrected chi connectivity index (χ1v) is 11.8. The molecule has 0 bridgehead atoms. The molecule has 1 fully saturated rings. The molecule has 1 N–H and O–H groups in total. The largest absolute Gasteiger partial charge is 0.481 e. The summed E-state index contributed by atoms with van der Waals surface area (Å²) < 4.78 is 11.7. The molecule has 33 heavy (non-hydrogen) atoms. The molecular weight excluding hydrogens is 418 g/mol. The van der Waals surface area contributed by atoms with Gasteiger partial charge in [-0.1, -0.05) is 50.2 Å². The van der Waals surface area contributed by atoms with Gasteiger partial charge in [-0.05, 0) is 37.1 Å². The van der Waals surface area contributed by atoms with Crippen LogP contribution in [0.25, 0.3) is 0 Å². The minimum Gasteiger partial charge on any atom is -0.481 e. The van der Waals surface area contributed by atoms with Crippen LogP contribution in [-0.2, 0) is 9.59 Å². The van der Waals surface area contributed by atoms with Crippen molar-refractivity contribution in [3.05, 3.63) is 60.7 Å². The van der Waals surface area contributed by atoms with Gasteiger partial charge in [0.15, 0.2) is 12.2 Å². The first kappa shape index (κ1) is 24.6. The second kappa shape index (κ2) is 12.8. The number of para-hydroxylation sites is 2. The predicted molar refractivity (Wildman–Crippen MR) is 128 cm³/mol. The molecule has 2 aromatic rings. The van der Waals surface area contributed by atoms with Crippen molar-refractivity contribution in [3.63, 3.8) is 0 Å². The Hall–Kier alpha value is -3.06. The van der Waals surface area contributed by atoms with Crippen LogP contribution in [0.1, 0.15) is 26.7 Å². The lowest BCUT2D eigenvalue weighted by Gasteiger charge is -2.36. The monoisotopic (exact) mass is 453 g/mol. The molecule has 1 aliphatic heterocycles. The lowest BCUT2D eigenvalue weighted by atomic mass is 10.2. The molecule has 0 aromatic heterocycles. The second-order valence-corrected chi connectivity index (χ2v) is 8.11. The van der Waals surface area contributed by atoms with E-state index in [0.717, 1.165) is 19.6 Å². The lowest BCUT2D eigenvalue weighted by Crippen LogP contribution is -2.53. The van der Waals surface area contributed by atoms with Gasteiger partial charge in [-0.3, -0.25) is 14.5 Å². The summed E-state index contributed by atoms with van der Waals surface area (Å²) in [6.07, 6.45) is 0.265. The first-order valence-electron chi connectivity index (χ1n) is 11.8. The molecule has 1 saturated heterocycles. The summed E-state index contributed by atoms with van der Waals surface area (Å²) >= 11 is 0. The smallest absolute Gasteiger partial charge is 0.263 e. The van der Waals surface area contributed by atoms with E-state index in [-0.39, 0.29) is 11.8 Å². The summed E-state index contributed by atoms with van der Waals surface area (Å²) in [6, 6.07) is 18.9. The standard InChI is InChI=1S/C26H35N3O4/c1-3-23(32-21-11-7-5-8-12-21)25(30)27-15-16-28-17-19-29(20-18-28)26(31)24(4-2)33-22-13-9-6-10-14-22/h5-14,23-24H,3-4,15-20H2,1-2H3,(H,27,30)/t23-,24-/m0/s1. The highest BCUT2D eigenvalue weighted by atomic mass is 16.5. The maximum absolute atomic E-state index is 12.9. The molecule has 1 heterocycles. The quantitative estimate of drug-likeness (QED) is 0.567. The molecule has 3 rings (SSSR count). The SMILES string of the molecule is CC[C@H](Oc1ccccc1)C(=O)NCCN1CCN(C(=O)[C@H](CC)Oc2ccccc2)CC1. The van der Waals surface area contributed by atoms with Crippen molar-refractivity contribution in [2.75, 3.05) is 39.3 Å². The van der Waals surface area contributed by atoms with E-state index in [9.17, 15) is 9.59 Å². The molecule has 2 atom stereocenters. The summed E-state index contributed by atoms with van der Waals surface area (Å²) in [5.41, 5.74) is 0. The van der Waals surface area contributed by atoms with Gasteiger partial charge >= 0.3 is 0 Å². The van der Waals surface area contributed by atoms with E-state index in [4.69, 9.17) is 9.47 Å². The summed E-state index contributed by atoms with van der Waals surface area (Å²) in [7, 11) is 0. The Kier molecular flexibility index (Phi) is 9.57. The number of rotatable bonds is 11. The summed E-state index contributed by atoms with van der Waals surface area (Å²) in [6.45, 7) is 8.09. The van der Waals surface area contributed by atoms with Gasteiger partial charge in [0.1, 0.15) is 11.5 Å². The zero-order chi connectivity index (χ0) is 23.5. The van der Waals surface area contributed by atoms with Crippen LogP contribution < -0.4 is 14.8 Å². The van der Waals surface area contributed by atoms with E-state index in [1.807, 2.05) is 79.4 Å². The van der Waals surface area contributed by atoms with Crippen molar-refractivity contribution >= 4 is 11.8 Å². The van der Waals surface area contributed by atoms with E-state index >= 15 is 0 Å². The number of nitrogens with zero attached hydrogens (tertiary/aromatic N) is 2. The van der Waals surface area contributed by atoms with Crippen molar-refractivity contribution in [2.24, 2.45) is 0 Å². The zero-order valence-electron chi connectivity index (χ0n) is 19.6. The Bertz CT molecular complexity index is 852. The van der Waals surface area contributed by atoms with Crippen molar-refractivity contribution < 1.29 is 19.1 Å². The van der Waals surface area contributed by atoms with Crippen LogP contribution in [0.3, 0.4) is 0 Å². The van der Waals surface area contributed by atoms with Gasteiger partial charge in [0.25, 0.3) is 11.8 Å². The Morgan fingerprint density at radius 2 is 1.33 bits per heavy atom. The van der Waals surface area contributed by atoms with Crippen LogP contribution in [0.2, 0.25) is 0 Å².